The lowest BCUT2D eigenvalue weighted by Gasteiger charge is -2.36. The summed E-state index contributed by atoms with van der Waals surface area (Å²) in [6.45, 7) is 4.46. The van der Waals surface area contributed by atoms with Gasteiger partial charge in [-0.05, 0) is 42.4 Å². The van der Waals surface area contributed by atoms with Crippen LogP contribution in [0.25, 0.3) is 0 Å². The van der Waals surface area contributed by atoms with E-state index in [0.717, 1.165) is 19.1 Å². The molecule has 0 bridgehead atoms. The first-order chi connectivity index (χ1) is 10.9. The standard InChI is InChI=1S/C20H25NO/c1-2-22-15-18-11-7-6-10-17(18)14-21-20-12-19(13-20)16-8-4-3-5-9-16/h3-11,19-21H,2,12-15H2,1H3. The lowest BCUT2D eigenvalue weighted by molar-refractivity contribution is 0.133. The molecule has 3 rings (SSSR count). The van der Waals surface area contributed by atoms with Crippen LogP contribution < -0.4 is 5.32 Å². The van der Waals surface area contributed by atoms with Crippen molar-refractivity contribution in [2.45, 2.75) is 44.9 Å². The third kappa shape index (κ3) is 3.76. The van der Waals surface area contributed by atoms with Gasteiger partial charge in [0.25, 0.3) is 0 Å². The van der Waals surface area contributed by atoms with Crippen molar-refractivity contribution in [1.82, 2.24) is 5.32 Å². The summed E-state index contributed by atoms with van der Waals surface area (Å²) in [5, 5.41) is 3.70. The second-order valence-electron chi connectivity index (χ2n) is 6.06. The van der Waals surface area contributed by atoms with E-state index in [-0.39, 0.29) is 0 Å². The van der Waals surface area contributed by atoms with Gasteiger partial charge in [-0.25, -0.2) is 0 Å². The summed E-state index contributed by atoms with van der Waals surface area (Å²) >= 11 is 0. The Morgan fingerprint density at radius 1 is 0.955 bits per heavy atom. The summed E-state index contributed by atoms with van der Waals surface area (Å²) in [4.78, 5) is 0. The van der Waals surface area contributed by atoms with E-state index in [4.69, 9.17) is 4.74 Å². The number of hydrogen-bond acceptors (Lipinski definition) is 2. The summed E-state index contributed by atoms with van der Waals surface area (Å²) in [7, 11) is 0. The van der Waals surface area contributed by atoms with Gasteiger partial charge in [-0.2, -0.15) is 0 Å². The molecule has 0 atom stereocenters. The maximum atomic E-state index is 5.55. The van der Waals surface area contributed by atoms with Crippen LogP contribution in [-0.2, 0) is 17.9 Å². The molecule has 1 aliphatic rings. The van der Waals surface area contributed by atoms with Gasteiger partial charge in [0, 0.05) is 19.2 Å². The second-order valence-corrected chi connectivity index (χ2v) is 6.06. The number of hydrogen-bond donors (Lipinski definition) is 1. The van der Waals surface area contributed by atoms with Gasteiger partial charge >= 0.3 is 0 Å². The van der Waals surface area contributed by atoms with Crippen LogP contribution in [0, 0.1) is 0 Å². The van der Waals surface area contributed by atoms with E-state index >= 15 is 0 Å². The molecule has 0 radical (unpaired) electrons. The number of nitrogens with one attached hydrogen (secondary N) is 1. The quantitative estimate of drug-likeness (QED) is 0.824. The van der Waals surface area contributed by atoms with Gasteiger partial charge in [-0.3, -0.25) is 0 Å². The fourth-order valence-corrected chi connectivity index (χ4v) is 3.12. The molecule has 2 heteroatoms. The number of ether oxygens (including phenoxy) is 1. The Balaban J connectivity index is 1.48. The lowest BCUT2D eigenvalue weighted by Crippen LogP contribution is -2.39. The van der Waals surface area contributed by atoms with Crippen LogP contribution in [0.2, 0.25) is 0 Å². The average Bonchev–Trinajstić information content (AvgIpc) is 2.53. The van der Waals surface area contributed by atoms with Crippen LogP contribution in [0.1, 0.15) is 42.4 Å². The second kappa shape index (κ2) is 7.57. The molecule has 1 aliphatic carbocycles. The SMILES string of the molecule is CCOCc1ccccc1CNC1CC(c2ccccc2)C1. The van der Waals surface area contributed by atoms with Crippen molar-refractivity contribution < 1.29 is 4.74 Å². The maximum absolute atomic E-state index is 5.55. The minimum absolute atomic E-state index is 0.644. The third-order valence-corrected chi connectivity index (χ3v) is 4.57. The van der Waals surface area contributed by atoms with E-state index in [2.05, 4.69) is 59.9 Å². The Hall–Kier alpha value is -1.64. The van der Waals surface area contributed by atoms with E-state index in [1.165, 1.54) is 29.5 Å². The van der Waals surface area contributed by atoms with Crippen LogP contribution in [0.15, 0.2) is 54.6 Å². The zero-order valence-electron chi connectivity index (χ0n) is 13.3. The lowest BCUT2D eigenvalue weighted by atomic mass is 9.76. The van der Waals surface area contributed by atoms with E-state index in [0.29, 0.717) is 12.6 Å². The van der Waals surface area contributed by atoms with Crippen molar-refractivity contribution in [3.63, 3.8) is 0 Å². The molecule has 2 nitrogen and oxygen atoms in total. The first kappa shape index (κ1) is 15.3. The van der Waals surface area contributed by atoms with Crippen molar-refractivity contribution >= 4 is 0 Å². The van der Waals surface area contributed by atoms with Crippen LogP contribution in [0.4, 0.5) is 0 Å². The fourth-order valence-electron chi connectivity index (χ4n) is 3.12. The molecule has 0 amide bonds. The van der Waals surface area contributed by atoms with Crippen LogP contribution in [0.5, 0.6) is 0 Å². The van der Waals surface area contributed by atoms with Crippen LogP contribution >= 0.6 is 0 Å². The molecule has 0 aliphatic heterocycles. The Morgan fingerprint density at radius 3 is 2.36 bits per heavy atom. The van der Waals surface area contributed by atoms with E-state index < -0.39 is 0 Å². The first-order valence-electron chi connectivity index (χ1n) is 8.29. The molecule has 0 spiro atoms. The summed E-state index contributed by atoms with van der Waals surface area (Å²) in [5.74, 6) is 0.734. The molecule has 0 saturated heterocycles. The highest BCUT2D eigenvalue weighted by molar-refractivity contribution is 5.27. The normalized spacial score (nSPS) is 20.6. The molecule has 1 fully saturated rings. The highest BCUT2D eigenvalue weighted by Gasteiger charge is 2.29. The Kier molecular flexibility index (Phi) is 5.25. The van der Waals surface area contributed by atoms with Crippen molar-refractivity contribution in [3.8, 4) is 0 Å². The summed E-state index contributed by atoms with van der Waals surface area (Å²) < 4.78 is 5.55. The smallest absolute Gasteiger partial charge is 0.0719 e. The molecule has 1 N–H and O–H groups in total. The maximum Gasteiger partial charge on any atom is 0.0719 e. The highest BCUT2D eigenvalue weighted by Crippen LogP contribution is 2.36. The average molecular weight is 295 g/mol. The first-order valence-corrected chi connectivity index (χ1v) is 8.29. The Labute approximate surface area is 133 Å². The molecule has 2 aromatic carbocycles. The monoisotopic (exact) mass is 295 g/mol. The zero-order chi connectivity index (χ0) is 15.2. The minimum atomic E-state index is 0.644. The van der Waals surface area contributed by atoms with Gasteiger partial charge < -0.3 is 10.1 Å². The largest absolute Gasteiger partial charge is 0.377 e. The molecule has 2 aromatic rings. The molecule has 1 saturated carbocycles. The van der Waals surface area contributed by atoms with Gasteiger partial charge in [-0.15, -0.1) is 0 Å². The molecule has 22 heavy (non-hydrogen) atoms. The van der Waals surface area contributed by atoms with E-state index in [9.17, 15) is 0 Å². The number of benzene rings is 2. The molecule has 0 unspecified atom stereocenters. The topological polar surface area (TPSA) is 21.3 Å². The fraction of sp³-hybridized carbons (Fsp3) is 0.400. The van der Waals surface area contributed by atoms with E-state index in [1.54, 1.807) is 0 Å². The number of rotatable bonds is 7. The van der Waals surface area contributed by atoms with E-state index in [1.807, 2.05) is 6.92 Å². The van der Waals surface area contributed by atoms with Crippen molar-refractivity contribution in [3.05, 3.63) is 71.3 Å². The van der Waals surface area contributed by atoms with Crippen molar-refractivity contribution in [2.75, 3.05) is 6.61 Å². The zero-order valence-corrected chi connectivity index (χ0v) is 13.3. The molecular weight excluding hydrogens is 270 g/mol. The molecule has 0 aromatic heterocycles. The summed E-state index contributed by atoms with van der Waals surface area (Å²) in [5.41, 5.74) is 4.15. The van der Waals surface area contributed by atoms with Gasteiger partial charge in [0.1, 0.15) is 0 Å². The van der Waals surface area contributed by atoms with Gasteiger partial charge in [-0.1, -0.05) is 54.6 Å². The third-order valence-electron chi connectivity index (χ3n) is 4.57. The van der Waals surface area contributed by atoms with Gasteiger partial charge in [0.15, 0.2) is 0 Å². The van der Waals surface area contributed by atoms with Crippen LogP contribution in [-0.4, -0.2) is 12.6 Å². The molecule has 0 heterocycles. The Bertz CT molecular complexity index is 575. The molecular formula is C20H25NO. The van der Waals surface area contributed by atoms with Crippen LogP contribution in [0.3, 0.4) is 0 Å². The molecule has 116 valence electrons. The minimum Gasteiger partial charge on any atom is -0.377 e. The highest BCUT2D eigenvalue weighted by atomic mass is 16.5. The Morgan fingerprint density at radius 2 is 1.64 bits per heavy atom. The predicted octanol–water partition coefficient (Wildman–Crippen LogP) is 4.26. The summed E-state index contributed by atoms with van der Waals surface area (Å²) in [6, 6.07) is 20.1. The predicted molar refractivity (Wildman–Crippen MR) is 90.8 cm³/mol. The van der Waals surface area contributed by atoms with Crippen molar-refractivity contribution in [2.24, 2.45) is 0 Å². The summed E-state index contributed by atoms with van der Waals surface area (Å²) in [6.07, 6.45) is 2.50. The van der Waals surface area contributed by atoms with Crippen molar-refractivity contribution in [1.29, 1.82) is 0 Å². The van der Waals surface area contributed by atoms with Gasteiger partial charge in [0.05, 0.1) is 6.61 Å². The van der Waals surface area contributed by atoms with Gasteiger partial charge in [0.2, 0.25) is 0 Å².